The SMILES string of the molecule is C[N+]1(Cc2cc3ccccc3o2)CCCCC1.[I-]. The summed E-state index contributed by atoms with van der Waals surface area (Å²) < 4.78 is 7.06. The minimum atomic E-state index is 0. The van der Waals surface area contributed by atoms with Crippen molar-refractivity contribution in [3.05, 3.63) is 36.1 Å². The zero-order valence-electron chi connectivity index (χ0n) is 10.9. The number of likely N-dealkylation sites (tertiary alicyclic amines) is 1. The van der Waals surface area contributed by atoms with Crippen LogP contribution in [0.4, 0.5) is 0 Å². The quantitative estimate of drug-likeness (QED) is 0.566. The molecule has 0 aliphatic carbocycles. The molecular weight excluding hydrogens is 337 g/mol. The molecular formula is C15H20INO. The van der Waals surface area contributed by atoms with Crippen molar-refractivity contribution in [1.29, 1.82) is 0 Å². The molecule has 1 aliphatic rings. The van der Waals surface area contributed by atoms with Crippen LogP contribution >= 0.6 is 0 Å². The normalized spacial score (nSPS) is 18.5. The van der Waals surface area contributed by atoms with E-state index in [2.05, 4.69) is 31.3 Å². The van der Waals surface area contributed by atoms with Gasteiger partial charge in [0.2, 0.25) is 0 Å². The molecule has 1 fully saturated rings. The van der Waals surface area contributed by atoms with E-state index in [1.54, 1.807) is 0 Å². The van der Waals surface area contributed by atoms with E-state index >= 15 is 0 Å². The van der Waals surface area contributed by atoms with Crippen LogP contribution in [0, 0.1) is 0 Å². The largest absolute Gasteiger partial charge is 1.00 e. The van der Waals surface area contributed by atoms with Gasteiger partial charge in [-0.1, -0.05) is 18.2 Å². The van der Waals surface area contributed by atoms with Gasteiger partial charge < -0.3 is 32.9 Å². The Balaban J connectivity index is 0.00000120. The zero-order valence-corrected chi connectivity index (χ0v) is 13.0. The minimum absolute atomic E-state index is 0. The first kappa shape index (κ1) is 13.9. The third kappa shape index (κ3) is 2.88. The van der Waals surface area contributed by atoms with Crippen LogP contribution in [0.15, 0.2) is 34.7 Å². The fraction of sp³-hybridized carbons (Fsp3) is 0.467. The van der Waals surface area contributed by atoms with Gasteiger partial charge in [-0.05, 0) is 31.4 Å². The van der Waals surface area contributed by atoms with E-state index in [0.717, 1.165) is 22.4 Å². The van der Waals surface area contributed by atoms with E-state index in [4.69, 9.17) is 4.42 Å². The van der Waals surface area contributed by atoms with Gasteiger partial charge in [-0.25, -0.2) is 0 Å². The van der Waals surface area contributed by atoms with E-state index in [0.29, 0.717) is 0 Å². The van der Waals surface area contributed by atoms with Gasteiger partial charge in [0.1, 0.15) is 12.1 Å². The van der Waals surface area contributed by atoms with Gasteiger partial charge in [0.05, 0.1) is 20.1 Å². The summed E-state index contributed by atoms with van der Waals surface area (Å²) in [6, 6.07) is 10.5. The van der Waals surface area contributed by atoms with Crippen molar-refractivity contribution in [2.45, 2.75) is 25.8 Å². The summed E-state index contributed by atoms with van der Waals surface area (Å²) in [6.45, 7) is 3.61. The Kier molecular flexibility index (Phi) is 4.33. The van der Waals surface area contributed by atoms with E-state index in [-0.39, 0.29) is 24.0 Å². The molecule has 18 heavy (non-hydrogen) atoms. The molecule has 0 spiro atoms. The number of para-hydroxylation sites is 1. The number of rotatable bonds is 2. The highest BCUT2D eigenvalue weighted by Gasteiger charge is 2.26. The molecule has 1 aromatic carbocycles. The van der Waals surface area contributed by atoms with Gasteiger partial charge in [0.25, 0.3) is 0 Å². The predicted octanol–water partition coefficient (Wildman–Crippen LogP) is 0.567. The summed E-state index contributed by atoms with van der Waals surface area (Å²) in [5.74, 6) is 1.13. The smallest absolute Gasteiger partial charge is 0.159 e. The average molecular weight is 357 g/mol. The lowest BCUT2D eigenvalue weighted by molar-refractivity contribution is -0.927. The summed E-state index contributed by atoms with van der Waals surface area (Å²) in [5, 5.41) is 1.23. The van der Waals surface area contributed by atoms with E-state index in [9.17, 15) is 0 Å². The van der Waals surface area contributed by atoms with Crippen molar-refractivity contribution in [2.75, 3.05) is 20.1 Å². The summed E-state index contributed by atoms with van der Waals surface area (Å²) in [7, 11) is 2.35. The lowest BCUT2D eigenvalue weighted by Crippen LogP contribution is -3.00. The number of fused-ring (bicyclic) bond motifs is 1. The molecule has 2 heterocycles. The van der Waals surface area contributed by atoms with Crippen LogP contribution in [0.2, 0.25) is 0 Å². The summed E-state index contributed by atoms with van der Waals surface area (Å²) in [6.07, 6.45) is 4.11. The Bertz CT molecular complexity index is 481. The molecule has 0 saturated carbocycles. The maximum absolute atomic E-state index is 5.92. The standard InChI is InChI=1S/C15H20NO.HI/c1-16(9-5-2-6-10-16)12-14-11-13-7-3-4-8-15(13)17-14;/h3-4,7-8,11H,2,5-6,9-10,12H2,1H3;1H/q+1;/p-1. The van der Waals surface area contributed by atoms with E-state index < -0.39 is 0 Å². The van der Waals surface area contributed by atoms with Gasteiger partial charge >= 0.3 is 0 Å². The number of nitrogens with zero attached hydrogens (tertiary/aromatic N) is 1. The van der Waals surface area contributed by atoms with Crippen LogP contribution in [0.1, 0.15) is 25.0 Å². The Morgan fingerprint density at radius 1 is 1.11 bits per heavy atom. The average Bonchev–Trinajstić information content (AvgIpc) is 2.71. The highest BCUT2D eigenvalue weighted by Crippen LogP contribution is 2.24. The molecule has 1 aliphatic heterocycles. The second-order valence-electron chi connectivity index (χ2n) is 5.54. The van der Waals surface area contributed by atoms with Crippen LogP contribution in [-0.4, -0.2) is 24.6 Å². The molecule has 0 radical (unpaired) electrons. The summed E-state index contributed by atoms with van der Waals surface area (Å²) in [4.78, 5) is 0. The lowest BCUT2D eigenvalue weighted by atomic mass is 10.1. The Hall–Kier alpha value is -0.550. The predicted molar refractivity (Wildman–Crippen MR) is 69.7 cm³/mol. The van der Waals surface area contributed by atoms with Crippen molar-refractivity contribution < 1.29 is 32.9 Å². The highest BCUT2D eigenvalue weighted by molar-refractivity contribution is 5.77. The molecule has 98 valence electrons. The molecule has 3 rings (SSSR count). The maximum atomic E-state index is 5.92. The fourth-order valence-corrected chi connectivity index (χ4v) is 2.92. The molecule has 0 bridgehead atoms. The van der Waals surface area contributed by atoms with Crippen LogP contribution in [-0.2, 0) is 6.54 Å². The molecule has 1 saturated heterocycles. The van der Waals surface area contributed by atoms with Crippen LogP contribution in [0.5, 0.6) is 0 Å². The number of quaternary nitrogens is 1. The molecule has 0 amide bonds. The molecule has 2 aromatic rings. The molecule has 0 atom stereocenters. The first-order chi connectivity index (χ1) is 8.25. The number of hydrogen-bond donors (Lipinski definition) is 0. The van der Waals surface area contributed by atoms with Gasteiger partial charge in [0.15, 0.2) is 5.76 Å². The van der Waals surface area contributed by atoms with Gasteiger partial charge in [-0.2, -0.15) is 0 Å². The first-order valence-electron chi connectivity index (χ1n) is 6.56. The van der Waals surface area contributed by atoms with Crippen molar-refractivity contribution in [2.24, 2.45) is 0 Å². The number of furan rings is 1. The van der Waals surface area contributed by atoms with Crippen molar-refractivity contribution in [3.63, 3.8) is 0 Å². The van der Waals surface area contributed by atoms with Crippen molar-refractivity contribution >= 4 is 11.0 Å². The van der Waals surface area contributed by atoms with Crippen molar-refractivity contribution in [3.8, 4) is 0 Å². The lowest BCUT2D eigenvalue weighted by Gasteiger charge is -2.36. The first-order valence-corrected chi connectivity index (χ1v) is 6.56. The van der Waals surface area contributed by atoms with Crippen molar-refractivity contribution in [1.82, 2.24) is 0 Å². The Morgan fingerprint density at radius 2 is 1.83 bits per heavy atom. The number of benzene rings is 1. The fourth-order valence-electron chi connectivity index (χ4n) is 2.92. The Morgan fingerprint density at radius 3 is 2.56 bits per heavy atom. The van der Waals surface area contributed by atoms with Crippen LogP contribution in [0.3, 0.4) is 0 Å². The molecule has 2 nitrogen and oxygen atoms in total. The summed E-state index contributed by atoms with van der Waals surface area (Å²) >= 11 is 0. The topological polar surface area (TPSA) is 13.1 Å². The number of piperidine rings is 1. The highest BCUT2D eigenvalue weighted by atomic mass is 127. The maximum Gasteiger partial charge on any atom is 0.159 e. The van der Waals surface area contributed by atoms with Crippen LogP contribution < -0.4 is 24.0 Å². The Labute approximate surface area is 126 Å². The number of hydrogen-bond acceptors (Lipinski definition) is 1. The second-order valence-corrected chi connectivity index (χ2v) is 5.54. The van der Waals surface area contributed by atoms with E-state index in [1.807, 2.05) is 6.07 Å². The molecule has 0 unspecified atom stereocenters. The summed E-state index contributed by atoms with van der Waals surface area (Å²) in [5.41, 5.74) is 1.02. The minimum Gasteiger partial charge on any atom is -1.00 e. The van der Waals surface area contributed by atoms with Gasteiger partial charge in [-0.3, -0.25) is 0 Å². The van der Waals surface area contributed by atoms with Gasteiger partial charge in [0, 0.05) is 5.39 Å². The molecule has 3 heteroatoms. The molecule has 0 N–H and O–H groups in total. The second kappa shape index (κ2) is 5.61. The third-order valence-corrected chi connectivity index (χ3v) is 3.91. The number of halogens is 1. The third-order valence-electron chi connectivity index (χ3n) is 3.91. The molecule has 1 aromatic heterocycles. The zero-order chi connectivity index (χ0) is 11.7. The van der Waals surface area contributed by atoms with Crippen LogP contribution in [0.25, 0.3) is 11.0 Å². The van der Waals surface area contributed by atoms with Gasteiger partial charge in [-0.15, -0.1) is 0 Å². The van der Waals surface area contributed by atoms with E-state index in [1.165, 1.54) is 37.7 Å². The monoisotopic (exact) mass is 357 g/mol.